The zero-order valence-electron chi connectivity index (χ0n) is 18.3. The molecule has 2 amide bonds. The van der Waals surface area contributed by atoms with Crippen LogP contribution < -0.4 is 10.8 Å². The van der Waals surface area contributed by atoms with Crippen molar-refractivity contribution in [2.45, 2.75) is 36.1 Å². The molecule has 4 rings (SSSR count). The van der Waals surface area contributed by atoms with Gasteiger partial charge in [-0.3, -0.25) is 4.84 Å². The van der Waals surface area contributed by atoms with Crippen LogP contribution in [0.3, 0.4) is 0 Å². The summed E-state index contributed by atoms with van der Waals surface area (Å²) in [5, 5.41) is 0.753. The van der Waals surface area contributed by atoms with Crippen LogP contribution in [0.15, 0.2) is 36.4 Å². The Balaban J connectivity index is 1.61. The minimum Gasteiger partial charge on any atom is -0.341 e. The first kappa shape index (κ1) is 26.8. The van der Waals surface area contributed by atoms with Crippen LogP contribution in [0.25, 0.3) is 0 Å². The van der Waals surface area contributed by atoms with Crippen molar-refractivity contribution in [1.82, 2.24) is 15.7 Å². The van der Waals surface area contributed by atoms with Crippen molar-refractivity contribution >= 4 is 29.2 Å². The Hall–Kier alpha value is -2.28. The van der Waals surface area contributed by atoms with Crippen molar-refractivity contribution in [2.24, 2.45) is 0 Å². The summed E-state index contributed by atoms with van der Waals surface area (Å²) in [7, 11) is 1.41. The number of halogens is 9. The smallest absolute Gasteiger partial charge is 0.341 e. The molecule has 0 radical (unpaired) electrons. The van der Waals surface area contributed by atoms with E-state index in [-0.39, 0.29) is 30.3 Å². The molecule has 5 nitrogen and oxygen atoms in total. The molecule has 2 saturated heterocycles. The number of hydrogen-bond acceptors (Lipinski definition) is 3. The van der Waals surface area contributed by atoms with Gasteiger partial charge in [-0.25, -0.2) is 9.18 Å². The van der Waals surface area contributed by atoms with Crippen molar-refractivity contribution < 1.29 is 40.4 Å². The zero-order valence-corrected chi connectivity index (χ0v) is 19.8. The van der Waals surface area contributed by atoms with Gasteiger partial charge >= 0.3 is 18.4 Å². The van der Waals surface area contributed by atoms with Gasteiger partial charge < -0.3 is 10.2 Å². The van der Waals surface area contributed by atoms with E-state index in [2.05, 4.69) is 10.8 Å². The maximum absolute atomic E-state index is 15.1. The maximum Gasteiger partial charge on any atom is 0.423 e. The van der Waals surface area contributed by atoms with E-state index in [0.29, 0.717) is 6.07 Å². The average molecular weight is 560 g/mol. The fourth-order valence-corrected chi connectivity index (χ4v) is 4.76. The van der Waals surface area contributed by atoms with E-state index in [1.165, 1.54) is 36.2 Å². The summed E-state index contributed by atoms with van der Waals surface area (Å²) in [6.45, 7) is -0.375. The summed E-state index contributed by atoms with van der Waals surface area (Å²) in [5.74, 6) is 0. The normalized spacial score (nSPS) is 23.9. The summed E-state index contributed by atoms with van der Waals surface area (Å²) >= 11 is 11.3. The molecule has 2 N–H and O–H groups in total. The Morgan fingerprint density at radius 3 is 2.22 bits per heavy atom. The summed E-state index contributed by atoms with van der Waals surface area (Å²) in [6, 6.07) is 4.98. The van der Waals surface area contributed by atoms with Gasteiger partial charge in [-0.2, -0.15) is 31.8 Å². The molecule has 2 heterocycles. The van der Waals surface area contributed by atoms with Crippen LogP contribution in [0.1, 0.15) is 34.7 Å². The number of rotatable bonds is 3. The summed E-state index contributed by atoms with van der Waals surface area (Å²) < 4.78 is 98.0. The third-order valence-electron chi connectivity index (χ3n) is 6.34. The van der Waals surface area contributed by atoms with Crippen molar-refractivity contribution in [3.05, 3.63) is 68.7 Å². The second kappa shape index (κ2) is 8.93. The molecule has 36 heavy (non-hydrogen) atoms. The molecule has 0 aromatic heterocycles. The summed E-state index contributed by atoms with van der Waals surface area (Å²) in [5.41, 5.74) is -4.60. The van der Waals surface area contributed by atoms with Gasteiger partial charge in [-0.1, -0.05) is 47.5 Å². The fourth-order valence-electron chi connectivity index (χ4n) is 4.33. The Morgan fingerprint density at radius 1 is 1.08 bits per heavy atom. The number of carbonyl (C=O) groups is 1. The lowest BCUT2D eigenvalue weighted by atomic mass is 9.83. The molecule has 2 fully saturated rings. The molecule has 2 atom stereocenters. The number of hydrogen-bond donors (Lipinski definition) is 2. The third-order valence-corrected chi connectivity index (χ3v) is 7.14. The van der Waals surface area contributed by atoms with Gasteiger partial charge in [0.1, 0.15) is 0 Å². The Kier molecular flexibility index (Phi) is 6.64. The molecule has 0 spiro atoms. The predicted octanol–water partition coefficient (Wildman–Crippen LogP) is 6.26. The number of amides is 2. The number of benzene rings is 2. The van der Waals surface area contributed by atoms with E-state index >= 15 is 4.39 Å². The molecule has 2 aliphatic heterocycles. The highest BCUT2D eigenvalue weighted by atomic mass is 35.5. The van der Waals surface area contributed by atoms with Crippen LogP contribution in [0, 0.1) is 0 Å². The average Bonchev–Trinajstić information content (AvgIpc) is 3.24. The van der Waals surface area contributed by atoms with Crippen LogP contribution in [0.4, 0.5) is 35.5 Å². The number of nitrogens with one attached hydrogen (secondary N) is 2. The molecule has 2 aliphatic rings. The minimum absolute atomic E-state index is 0.188. The number of nitrogens with zero attached hydrogens (tertiary/aromatic N) is 1. The highest BCUT2D eigenvalue weighted by Crippen LogP contribution is 2.53. The molecule has 0 aliphatic carbocycles. The Bertz CT molecular complexity index is 1170. The van der Waals surface area contributed by atoms with Gasteiger partial charge in [0, 0.05) is 13.5 Å². The molecular formula is C22H18Cl2F7N3O2. The van der Waals surface area contributed by atoms with Crippen LogP contribution in [0.5, 0.6) is 0 Å². The Labute approximate surface area is 210 Å². The third kappa shape index (κ3) is 4.48. The first-order chi connectivity index (χ1) is 16.6. The zero-order chi connectivity index (χ0) is 26.7. The van der Waals surface area contributed by atoms with E-state index in [9.17, 15) is 31.1 Å². The second-order valence-corrected chi connectivity index (χ2v) is 9.40. The minimum atomic E-state index is -5.13. The lowest BCUT2D eigenvalue weighted by molar-refractivity contribution is -0.282. The molecule has 196 valence electrons. The highest BCUT2D eigenvalue weighted by Gasteiger charge is 2.62. The van der Waals surface area contributed by atoms with Gasteiger partial charge in [0.15, 0.2) is 5.67 Å². The molecule has 2 aromatic rings. The number of likely N-dealkylation sites (tertiary alicyclic amines) is 1. The second-order valence-electron chi connectivity index (χ2n) is 8.62. The monoisotopic (exact) mass is 559 g/mol. The van der Waals surface area contributed by atoms with Crippen molar-refractivity contribution in [3.63, 3.8) is 0 Å². The number of urea groups is 1. The van der Waals surface area contributed by atoms with Gasteiger partial charge in [0.05, 0.1) is 34.7 Å². The van der Waals surface area contributed by atoms with E-state index in [1.54, 1.807) is 0 Å². The molecule has 0 saturated carbocycles. The van der Waals surface area contributed by atoms with Gasteiger partial charge in [0.2, 0.25) is 5.60 Å². The summed E-state index contributed by atoms with van der Waals surface area (Å²) in [4.78, 5) is 17.8. The molecule has 2 unspecified atom stereocenters. The first-order valence-electron chi connectivity index (χ1n) is 10.4. The molecule has 0 bridgehead atoms. The van der Waals surface area contributed by atoms with Crippen LogP contribution in [-0.2, 0) is 22.3 Å². The molecular weight excluding hydrogens is 542 g/mol. The standard InChI is InChI=1S/C22H18Cl2F7N3O2/c1-32-18(35)34-9-19(25,10-34)12-4-2-11(3-5-12)16-8-20(36-33-16,22(29,30)31)13-6-14(21(26,27)28)17(24)15(23)7-13/h2-7,16,33H,8-10H2,1H3,(H,32,35). The largest absolute Gasteiger partial charge is 0.423 e. The number of hydroxylamine groups is 1. The van der Waals surface area contributed by atoms with Crippen molar-refractivity contribution in [3.8, 4) is 0 Å². The van der Waals surface area contributed by atoms with Gasteiger partial charge in [-0.05, 0) is 28.8 Å². The van der Waals surface area contributed by atoms with Crippen LogP contribution >= 0.6 is 23.2 Å². The molecule has 2 aromatic carbocycles. The van der Waals surface area contributed by atoms with E-state index in [0.717, 1.165) is 0 Å². The summed E-state index contributed by atoms with van der Waals surface area (Å²) in [6.07, 6.45) is -11.0. The number of carbonyl (C=O) groups excluding carboxylic acids is 1. The SMILES string of the molecule is CNC(=O)N1CC(F)(c2ccc(C3CC(c4cc(Cl)c(Cl)c(C(F)(F)F)c4)(C(F)(F)F)ON3)cc2)C1. The predicted molar refractivity (Wildman–Crippen MR) is 116 cm³/mol. The fraction of sp³-hybridized carbons (Fsp3) is 0.409. The Morgan fingerprint density at radius 2 is 1.69 bits per heavy atom. The van der Waals surface area contributed by atoms with Crippen LogP contribution in [-0.4, -0.2) is 37.2 Å². The van der Waals surface area contributed by atoms with E-state index < -0.39 is 63.3 Å². The maximum atomic E-state index is 15.1. The lowest BCUT2D eigenvalue weighted by Gasteiger charge is -2.44. The van der Waals surface area contributed by atoms with E-state index in [1.807, 2.05) is 0 Å². The van der Waals surface area contributed by atoms with Gasteiger partial charge in [0.25, 0.3) is 0 Å². The number of alkyl halides is 7. The quantitative estimate of drug-likeness (QED) is 0.437. The molecule has 14 heteroatoms. The first-order valence-corrected chi connectivity index (χ1v) is 11.2. The lowest BCUT2D eigenvalue weighted by Crippen LogP contribution is -2.60. The highest BCUT2D eigenvalue weighted by molar-refractivity contribution is 6.42. The van der Waals surface area contributed by atoms with Crippen LogP contribution in [0.2, 0.25) is 10.0 Å². The van der Waals surface area contributed by atoms with Gasteiger partial charge in [-0.15, -0.1) is 0 Å². The van der Waals surface area contributed by atoms with Crippen molar-refractivity contribution in [1.29, 1.82) is 0 Å². The topological polar surface area (TPSA) is 53.6 Å². The van der Waals surface area contributed by atoms with Crippen molar-refractivity contribution in [2.75, 3.05) is 20.1 Å². The van der Waals surface area contributed by atoms with E-state index in [4.69, 9.17) is 28.0 Å².